The van der Waals surface area contributed by atoms with E-state index >= 15 is 0 Å². The molecule has 0 radical (unpaired) electrons. The van der Waals surface area contributed by atoms with Crippen molar-refractivity contribution in [2.75, 3.05) is 28.4 Å². The van der Waals surface area contributed by atoms with Crippen molar-refractivity contribution in [1.29, 1.82) is 0 Å². The van der Waals surface area contributed by atoms with Crippen molar-refractivity contribution < 1.29 is 8.42 Å². The van der Waals surface area contributed by atoms with E-state index in [1.807, 2.05) is 53.2 Å². The molecule has 10 heteroatoms. The fourth-order valence-corrected chi connectivity index (χ4v) is 3.97. The summed E-state index contributed by atoms with van der Waals surface area (Å²) in [6.07, 6.45) is 3.64. The third-order valence-corrected chi connectivity index (χ3v) is 7.34. The van der Waals surface area contributed by atoms with Gasteiger partial charge in [0.15, 0.2) is 0 Å². The number of hydrogen-bond donors (Lipinski definition) is 4. The van der Waals surface area contributed by atoms with E-state index in [4.69, 9.17) is 10.7 Å². The van der Waals surface area contributed by atoms with E-state index in [-0.39, 0.29) is 0 Å². The van der Waals surface area contributed by atoms with Gasteiger partial charge in [0.25, 0.3) is 0 Å². The Morgan fingerprint density at radius 2 is 1.74 bits per heavy atom. The smallest absolute Gasteiger partial charge is 0.237 e. The van der Waals surface area contributed by atoms with Crippen molar-refractivity contribution in [3.8, 4) is 5.69 Å². The second kappa shape index (κ2) is 9.32. The van der Waals surface area contributed by atoms with Gasteiger partial charge in [-0.05, 0) is 69.3 Å². The lowest BCUT2D eigenvalue weighted by Gasteiger charge is -2.20. The van der Waals surface area contributed by atoms with Gasteiger partial charge in [0.05, 0.1) is 10.4 Å². The number of nitrogens with zero attached hydrogens (tertiary/aromatic N) is 3. The number of fused-ring (bicyclic) bond motifs is 1. The SMILES string of the molecule is CC(C)(C)S(=O)(=O)Nc1cccc(-n2ccc3cnc(Nc4ccc(NCCN)cc4)nc32)c1. The van der Waals surface area contributed by atoms with Gasteiger partial charge in [-0.15, -0.1) is 0 Å². The van der Waals surface area contributed by atoms with Crippen molar-refractivity contribution in [2.45, 2.75) is 25.5 Å². The van der Waals surface area contributed by atoms with E-state index in [1.54, 1.807) is 39.1 Å². The van der Waals surface area contributed by atoms with Crippen LogP contribution in [0.1, 0.15) is 20.8 Å². The second-order valence-corrected chi connectivity index (χ2v) is 11.3. The van der Waals surface area contributed by atoms with E-state index in [1.165, 1.54) is 0 Å². The molecule has 0 aliphatic rings. The lowest BCUT2D eigenvalue weighted by atomic mass is 10.3. The molecule has 0 spiro atoms. The van der Waals surface area contributed by atoms with Gasteiger partial charge in [-0.2, -0.15) is 4.98 Å². The summed E-state index contributed by atoms with van der Waals surface area (Å²) in [6, 6.07) is 16.9. The summed E-state index contributed by atoms with van der Waals surface area (Å²) in [5.74, 6) is 0.458. The van der Waals surface area contributed by atoms with Crippen LogP contribution in [-0.4, -0.2) is 40.8 Å². The molecule has 178 valence electrons. The Hall–Kier alpha value is -3.63. The summed E-state index contributed by atoms with van der Waals surface area (Å²) < 4.78 is 28.8. The van der Waals surface area contributed by atoms with Crippen LogP contribution in [0.15, 0.2) is 67.0 Å². The zero-order valence-corrected chi connectivity index (χ0v) is 20.2. The van der Waals surface area contributed by atoms with Gasteiger partial charge in [0, 0.05) is 47.9 Å². The highest BCUT2D eigenvalue weighted by molar-refractivity contribution is 7.94. The van der Waals surface area contributed by atoms with Gasteiger partial charge < -0.3 is 20.9 Å². The molecule has 0 atom stereocenters. The number of sulfonamides is 1. The molecule has 34 heavy (non-hydrogen) atoms. The second-order valence-electron chi connectivity index (χ2n) is 8.84. The van der Waals surface area contributed by atoms with Gasteiger partial charge in [-0.3, -0.25) is 4.72 Å². The van der Waals surface area contributed by atoms with E-state index in [0.29, 0.717) is 30.4 Å². The number of anilines is 4. The van der Waals surface area contributed by atoms with Crippen LogP contribution in [0.3, 0.4) is 0 Å². The molecule has 4 rings (SSSR count). The highest BCUT2D eigenvalue weighted by atomic mass is 32.2. The van der Waals surface area contributed by atoms with Crippen molar-refractivity contribution in [3.05, 3.63) is 67.0 Å². The zero-order chi connectivity index (χ0) is 24.3. The van der Waals surface area contributed by atoms with E-state index in [2.05, 4.69) is 20.3 Å². The van der Waals surface area contributed by atoms with Crippen LogP contribution >= 0.6 is 0 Å². The summed E-state index contributed by atoms with van der Waals surface area (Å²) in [6.45, 7) is 6.26. The Morgan fingerprint density at radius 3 is 2.44 bits per heavy atom. The maximum absolute atomic E-state index is 12.6. The Bertz CT molecular complexity index is 1390. The topological polar surface area (TPSA) is 127 Å². The number of benzene rings is 2. The highest BCUT2D eigenvalue weighted by Gasteiger charge is 2.28. The highest BCUT2D eigenvalue weighted by Crippen LogP contribution is 2.25. The number of rotatable bonds is 8. The van der Waals surface area contributed by atoms with Crippen LogP contribution in [0.4, 0.5) is 23.0 Å². The minimum absolute atomic E-state index is 0.458. The van der Waals surface area contributed by atoms with Crippen LogP contribution in [0.2, 0.25) is 0 Å². The zero-order valence-electron chi connectivity index (χ0n) is 19.4. The number of aromatic nitrogens is 3. The average molecular weight is 480 g/mol. The van der Waals surface area contributed by atoms with Crippen molar-refractivity contribution >= 4 is 44.1 Å². The maximum atomic E-state index is 12.6. The van der Waals surface area contributed by atoms with Crippen molar-refractivity contribution in [2.24, 2.45) is 5.73 Å². The van der Waals surface area contributed by atoms with Crippen LogP contribution in [0.25, 0.3) is 16.7 Å². The summed E-state index contributed by atoms with van der Waals surface area (Å²) >= 11 is 0. The van der Waals surface area contributed by atoms with E-state index < -0.39 is 14.8 Å². The molecule has 0 saturated carbocycles. The Labute approximate surface area is 199 Å². The molecule has 2 heterocycles. The molecule has 9 nitrogen and oxygen atoms in total. The molecule has 0 unspecified atom stereocenters. The molecule has 2 aromatic heterocycles. The summed E-state index contributed by atoms with van der Waals surface area (Å²) in [5, 5.41) is 7.32. The van der Waals surface area contributed by atoms with Gasteiger partial charge in [-0.25, -0.2) is 13.4 Å². The standard InChI is InChI=1S/C24H29N7O2S/c1-24(2,3)34(32,33)30-20-5-4-6-21(15-20)31-14-11-17-16-27-23(29-22(17)31)28-19-9-7-18(8-10-19)26-13-12-25/h4-11,14-16,26,30H,12-13,25H2,1-3H3,(H,27,28,29). The molecule has 0 saturated heterocycles. The van der Waals surface area contributed by atoms with Crippen LogP contribution in [-0.2, 0) is 10.0 Å². The normalized spacial score (nSPS) is 12.0. The molecule has 0 amide bonds. The largest absolute Gasteiger partial charge is 0.384 e. The Morgan fingerprint density at radius 1 is 1.00 bits per heavy atom. The third kappa shape index (κ3) is 5.13. The molecular weight excluding hydrogens is 450 g/mol. The minimum atomic E-state index is -3.53. The molecule has 0 aliphatic carbocycles. The number of nitrogens with two attached hydrogens (primary N) is 1. The molecule has 4 aromatic rings. The average Bonchev–Trinajstić information content (AvgIpc) is 3.21. The predicted octanol–water partition coefficient (Wildman–Crippen LogP) is 4.07. The molecule has 0 aliphatic heterocycles. The summed E-state index contributed by atoms with van der Waals surface area (Å²) in [7, 11) is -3.53. The van der Waals surface area contributed by atoms with Crippen LogP contribution < -0.4 is 21.1 Å². The van der Waals surface area contributed by atoms with Gasteiger partial charge in [-0.1, -0.05) is 6.07 Å². The monoisotopic (exact) mass is 479 g/mol. The molecule has 2 aromatic carbocycles. The van der Waals surface area contributed by atoms with Gasteiger partial charge in [0.1, 0.15) is 5.65 Å². The minimum Gasteiger partial charge on any atom is -0.384 e. The molecule has 0 bridgehead atoms. The first-order chi connectivity index (χ1) is 16.2. The predicted molar refractivity (Wildman–Crippen MR) is 138 cm³/mol. The molecule has 5 N–H and O–H groups in total. The number of hydrogen-bond acceptors (Lipinski definition) is 7. The first-order valence-corrected chi connectivity index (χ1v) is 12.4. The fraction of sp³-hybridized carbons (Fsp3) is 0.250. The van der Waals surface area contributed by atoms with Crippen LogP contribution in [0.5, 0.6) is 0 Å². The Kier molecular flexibility index (Phi) is 6.45. The Balaban J connectivity index is 1.60. The van der Waals surface area contributed by atoms with Gasteiger partial charge in [0.2, 0.25) is 16.0 Å². The van der Waals surface area contributed by atoms with Crippen molar-refractivity contribution in [1.82, 2.24) is 14.5 Å². The van der Waals surface area contributed by atoms with Gasteiger partial charge >= 0.3 is 0 Å². The first-order valence-electron chi connectivity index (χ1n) is 10.9. The van der Waals surface area contributed by atoms with Crippen molar-refractivity contribution in [3.63, 3.8) is 0 Å². The maximum Gasteiger partial charge on any atom is 0.237 e. The lowest BCUT2D eigenvalue weighted by molar-refractivity contribution is 0.566. The third-order valence-electron chi connectivity index (χ3n) is 5.22. The lowest BCUT2D eigenvalue weighted by Crippen LogP contribution is -2.33. The first kappa shape index (κ1) is 23.5. The summed E-state index contributed by atoms with van der Waals surface area (Å²) in [4.78, 5) is 9.11. The number of nitrogens with one attached hydrogen (secondary N) is 3. The van der Waals surface area contributed by atoms with Crippen LogP contribution in [0, 0.1) is 0 Å². The fourth-order valence-electron chi connectivity index (χ4n) is 3.23. The quantitative estimate of drug-likeness (QED) is 0.300. The summed E-state index contributed by atoms with van der Waals surface area (Å²) in [5.41, 5.74) is 9.35. The molecular formula is C24H29N7O2S. The molecule has 0 fully saturated rings. The van der Waals surface area contributed by atoms with E-state index in [9.17, 15) is 8.42 Å². The van der Waals surface area contributed by atoms with E-state index in [0.717, 1.165) is 22.4 Å².